The summed E-state index contributed by atoms with van der Waals surface area (Å²) in [6, 6.07) is -0.808. The lowest BCUT2D eigenvalue weighted by Crippen LogP contribution is -2.50. The molecule has 3 unspecified atom stereocenters. The molecule has 0 spiro atoms. The highest BCUT2D eigenvalue weighted by Crippen LogP contribution is 2.17. The Labute approximate surface area is 325 Å². The molecule has 0 fully saturated rings. The number of carbonyl (C=O) groups is 1. The highest BCUT2D eigenvalue weighted by molar-refractivity contribution is 5.76. The maximum atomic E-state index is 12.4. The van der Waals surface area contributed by atoms with E-state index < -0.39 is 18.2 Å². The second-order valence-electron chi connectivity index (χ2n) is 16.3. The lowest BCUT2D eigenvalue weighted by Gasteiger charge is -2.26. The molecule has 0 aliphatic carbocycles. The van der Waals surface area contributed by atoms with Crippen molar-refractivity contribution in [2.24, 2.45) is 0 Å². The number of aliphatic hydroxyl groups excluding tert-OH is 3. The number of aliphatic hydroxyl groups is 3. The van der Waals surface area contributed by atoms with Crippen LogP contribution in [0.1, 0.15) is 258 Å². The monoisotopic (exact) mass is 736 g/mol. The summed E-state index contributed by atoms with van der Waals surface area (Å²) in [7, 11) is 0. The second kappa shape index (κ2) is 42.8. The average molecular weight is 736 g/mol. The molecule has 4 N–H and O–H groups in total. The van der Waals surface area contributed by atoms with Crippen molar-refractivity contribution in [1.82, 2.24) is 5.32 Å². The third kappa shape index (κ3) is 37.4. The Hall–Kier alpha value is -0.910. The van der Waals surface area contributed by atoms with Crippen LogP contribution in [0.4, 0.5) is 0 Å². The van der Waals surface area contributed by atoms with Crippen LogP contribution in [-0.4, -0.2) is 46.1 Å². The topological polar surface area (TPSA) is 89.8 Å². The van der Waals surface area contributed by atoms with E-state index in [9.17, 15) is 20.1 Å². The lowest BCUT2D eigenvalue weighted by atomic mass is 9.99. The SMILES string of the molecule is CCCCCCCCCCCCC/C=C\CCCCCCCCCC(=O)NC(CO)C(O)C(O)CCCCCCCCCCCCCCCCCC. The number of rotatable bonds is 43. The molecule has 1 amide bonds. The number of unbranched alkanes of at least 4 members (excludes halogenated alkanes) is 33. The van der Waals surface area contributed by atoms with Gasteiger partial charge < -0.3 is 20.6 Å². The van der Waals surface area contributed by atoms with E-state index in [0.29, 0.717) is 12.8 Å². The minimum absolute atomic E-state index is 0.146. The van der Waals surface area contributed by atoms with Gasteiger partial charge in [0.15, 0.2) is 0 Å². The van der Waals surface area contributed by atoms with Crippen LogP contribution in [-0.2, 0) is 4.79 Å². The van der Waals surface area contributed by atoms with E-state index in [1.807, 2.05) is 0 Å². The number of carbonyl (C=O) groups excluding carboxylic acids is 1. The van der Waals surface area contributed by atoms with Crippen LogP contribution in [0, 0.1) is 0 Å². The molecule has 0 aromatic heterocycles. The molecule has 0 aromatic rings. The minimum Gasteiger partial charge on any atom is -0.394 e. The van der Waals surface area contributed by atoms with E-state index in [1.165, 1.54) is 193 Å². The Morgan fingerprint density at radius 2 is 0.769 bits per heavy atom. The molecule has 310 valence electrons. The second-order valence-corrected chi connectivity index (χ2v) is 16.3. The smallest absolute Gasteiger partial charge is 0.220 e. The van der Waals surface area contributed by atoms with E-state index in [2.05, 4.69) is 31.3 Å². The maximum Gasteiger partial charge on any atom is 0.220 e. The quantitative estimate of drug-likeness (QED) is 0.0371. The molecule has 0 radical (unpaired) electrons. The zero-order valence-electron chi connectivity index (χ0n) is 35.2. The fourth-order valence-electron chi connectivity index (χ4n) is 7.45. The maximum absolute atomic E-state index is 12.4. The van der Waals surface area contributed by atoms with E-state index in [-0.39, 0.29) is 12.5 Å². The van der Waals surface area contributed by atoms with Gasteiger partial charge in [0.25, 0.3) is 0 Å². The van der Waals surface area contributed by atoms with Crippen LogP contribution >= 0.6 is 0 Å². The highest BCUT2D eigenvalue weighted by atomic mass is 16.3. The zero-order chi connectivity index (χ0) is 38.0. The molecular formula is C47H93NO4. The third-order valence-electron chi connectivity index (χ3n) is 11.1. The summed E-state index contributed by atoms with van der Waals surface area (Å²) in [5.74, 6) is -0.146. The summed E-state index contributed by atoms with van der Waals surface area (Å²) in [5.41, 5.74) is 0. The number of nitrogens with one attached hydrogen (secondary N) is 1. The largest absolute Gasteiger partial charge is 0.394 e. The van der Waals surface area contributed by atoms with Crippen molar-refractivity contribution in [2.75, 3.05) is 6.61 Å². The van der Waals surface area contributed by atoms with Crippen LogP contribution in [0.3, 0.4) is 0 Å². The predicted octanol–water partition coefficient (Wildman–Crippen LogP) is 13.6. The normalized spacial score (nSPS) is 13.6. The minimum atomic E-state index is -1.13. The Morgan fingerprint density at radius 3 is 1.12 bits per heavy atom. The summed E-state index contributed by atoms with van der Waals surface area (Å²) in [5, 5.41) is 33.6. The first-order valence-electron chi connectivity index (χ1n) is 23.5. The van der Waals surface area contributed by atoms with Gasteiger partial charge in [-0.2, -0.15) is 0 Å². The van der Waals surface area contributed by atoms with Crippen LogP contribution in [0.5, 0.6) is 0 Å². The standard InChI is InChI=1S/C47H93NO4/c1-3-5-7-9-11-13-15-17-19-21-22-23-24-25-26-28-30-32-34-36-38-40-42-46(51)48-44(43-49)47(52)45(50)41-39-37-35-33-31-29-27-20-18-16-14-12-10-8-6-4-2/h24-25,44-45,47,49-50,52H,3-23,26-43H2,1-2H3,(H,48,51)/b25-24-. The van der Waals surface area contributed by atoms with Gasteiger partial charge >= 0.3 is 0 Å². The Morgan fingerprint density at radius 1 is 0.462 bits per heavy atom. The highest BCUT2D eigenvalue weighted by Gasteiger charge is 2.26. The van der Waals surface area contributed by atoms with Gasteiger partial charge in [0, 0.05) is 6.42 Å². The molecule has 0 saturated heterocycles. The van der Waals surface area contributed by atoms with E-state index in [4.69, 9.17) is 0 Å². The van der Waals surface area contributed by atoms with Gasteiger partial charge in [-0.05, 0) is 38.5 Å². The zero-order valence-corrected chi connectivity index (χ0v) is 35.2. The third-order valence-corrected chi connectivity index (χ3v) is 11.1. The first-order chi connectivity index (χ1) is 25.6. The summed E-state index contributed by atoms with van der Waals surface area (Å²) in [4.78, 5) is 12.4. The van der Waals surface area contributed by atoms with Crippen LogP contribution in [0.15, 0.2) is 12.2 Å². The van der Waals surface area contributed by atoms with Gasteiger partial charge in [0.1, 0.15) is 6.10 Å². The van der Waals surface area contributed by atoms with Crippen molar-refractivity contribution in [2.45, 2.75) is 276 Å². The van der Waals surface area contributed by atoms with Crippen molar-refractivity contribution in [1.29, 1.82) is 0 Å². The molecule has 0 aliphatic heterocycles. The molecule has 0 aliphatic rings. The number of allylic oxidation sites excluding steroid dienone is 2. The first-order valence-corrected chi connectivity index (χ1v) is 23.5. The van der Waals surface area contributed by atoms with Crippen molar-refractivity contribution in [3.8, 4) is 0 Å². The van der Waals surface area contributed by atoms with Crippen molar-refractivity contribution >= 4 is 5.91 Å². The van der Waals surface area contributed by atoms with Crippen molar-refractivity contribution < 1.29 is 20.1 Å². The van der Waals surface area contributed by atoms with Gasteiger partial charge in [-0.15, -0.1) is 0 Å². The summed E-state index contributed by atoms with van der Waals surface area (Å²) >= 11 is 0. The Balaban J connectivity index is 3.59. The molecule has 0 heterocycles. The Kier molecular flexibility index (Phi) is 42.1. The van der Waals surface area contributed by atoms with Gasteiger partial charge in [-0.1, -0.05) is 225 Å². The van der Waals surface area contributed by atoms with Crippen LogP contribution in [0.2, 0.25) is 0 Å². The van der Waals surface area contributed by atoms with Gasteiger partial charge in [0.05, 0.1) is 18.8 Å². The number of amides is 1. The molecule has 3 atom stereocenters. The van der Waals surface area contributed by atoms with E-state index in [0.717, 1.165) is 38.5 Å². The van der Waals surface area contributed by atoms with E-state index >= 15 is 0 Å². The van der Waals surface area contributed by atoms with Crippen molar-refractivity contribution in [3.05, 3.63) is 12.2 Å². The fourth-order valence-corrected chi connectivity index (χ4v) is 7.45. The summed E-state index contributed by atoms with van der Waals surface area (Å²) in [6.07, 6.45) is 50.4. The molecular weight excluding hydrogens is 643 g/mol. The molecule has 0 saturated carbocycles. The molecule has 0 aromatic carbocycles. The predicted molar refractivity (Wildman–Crippen MR) is 227 cm³/mol. The molecule has 52 heavy (non-hydrogen) atoms. The number of hydrogen-bond acceptors (Lipinski definition) is 4. The van der Waals surface area contributed by atoms with Crippen LogP contribution < -0.4 is 5.32 Å². The van der Waals surface area contributed by atoms with Gasteiger partial charge in [0.2, 0.25) is 5.91 Å². The average Bonchev–Trinajstić information content (AvgIpc) is 3.15. The van der Waals surface area contributed by atoms with Gasteiger partial charge in [-0.3, -0.25) is 4.79 Å². The molecule has 5 nitrogen and oxygen atoms in total. The summed E-state index contributed by atoms with van der Waals surface area (Å²) < 4.78 is 0. The molecule has 0 bridgehead atoms. The summed E-state index contributed by atoms with van der Waals surface area (Å²) in [6.45, 7) is 4.20. The Bertz CT molecular complexity index is 728. The first kappa shape index (κ1) is 51.1. The van der Waals surface area contributed by atoms with E-state index in [1.54, 1.807) is 0 Å². The lowest BCUT2D eigenvalue weighted by molar-refractivity contribution is -0.124. The molecule has 5 heteroatoms. The van der Waals surface area contributed by atoms with Gasteiger partial charge in [-0.25, -0.2) is 0 Å². The van der Waals surface area contributed by atoms with Crippen molar-refractivity contribution in [3.63, 3.8) is 0 Å². The molecule has 0 rings (SSSR count). The fraction of sp³-hybridized carbons (Fsp3) is 0.936. The number of hydrogen-bond donors (Lipinski definition) is 4. The van der Waals surface area contributed by atoms with Crippen LogP contribution in [0.25, 0.3) is 0 Å².